The predicted octanol–water partition coefficient (Wildman–Crippen LogP) is 4.86. The topological polar surface area (TPSA) is 101 Å². The van der Waals surface area contributed by atoms with Crippen molar-refractivity contribution in [3.05, 3.63) is 80.1 Å². The number of aliphatic imine (C=N–C) groups is 1. The molecule has 1 aliphatic rings. The van der Waals surface area contributed by atoms with E-state index in [4.69, 9.17) is 37.4 Å². The summed E-state index contributed by atoms with van der Waals surface area (Å²) in [6.45, 7) is 0.174. The summed E-state index contributed by atoms with van der Waals surface area (Å²) in [6, 6.07) is 3.87. The lowest BCUT2D eigenvalue weighted by atomic mass is 10.1. The fourth-order valence-electron chi connectivity index (χ4n) is 3.38. The Morgan fingerprint density at radius 3 is 2.61 bits per heavy atom. The monoisotopic (exact) mass is 569 g/mol. The molecule has 0 fully saturated rings. The highest BCUT2D eigenvalue weighted by Crippen LogP contribution is 2.31. The Bertz CT molecular complexity index is 1400. The standard InChI is InChI=1S/C24H20Cl2F3N5O4/c1-36-23-31-9-14(10-32-23)11-34-12-18(26)21(33-24(34)35)37-5-4-13-6-19(27)22(30-8-13)38-15-2-3-17(25)16(7-15)20(28)29/h2-3,6-10,12,19-20,22H,4-5,11H2,1H3. The van der Waals surface area contributed by atoms with E-state index in [1.807, 2.05) is 0 Å². The van der Waals surface area contributed by atoms with Crippen LogP contribution in [-0.2, 0) is 6.54 Å². The number of halogens is 5. The summed E-state index contributed by atoms with van der Waals surface area (Å²) in [7, 11) is 1.44. The second-order valence-corrected chi connectivity index (χ2v) is 8.75. The molecule has 1 aromatic carbocycles. The van der Waals surface area contributed by atoms with Gasteiger partial charge < -0.3 is 14.2 Å². The fraction of sp³-hybridized carbons (Fsp3) is 0.292. The highest BCUT2D eigenvalue weighted by molar-refractivity contribution is 6.31. The molecule has 38 heavy (non-hydrogen) atoms. The number of rotatable bonds is 10. The molecule has 1 aliphatic heterocycles. The molecular formula is C24H20Cl2F3N5O4. The number of benzene rings is 1. The van der Waals surface area contributed by atoms with E-state index < -0.39 is 30.1 Å². The van der Waals surface area contributed by atoms with Gasteiger partial charge in [-0.05, 0) is 29.8 Å². The van der Waals surface area contributed by atoms with Gasteiger partial charge in [0.2, 0.25) is 12.1 Å². The summed E-state index contributed by atoms with van der Waals surface area (Å²) in [5, 5.41) is -0.00877. The molecule has 0 N–H and O–H groups in total. The minimum absolute atomic E-state index is 0.0182. The third-order valence-corrected chi connectivity index (χ3v) is 5.86. The maximum Gasteiger partial charge on any atom is 0.351 e. The fourth-order valence-corrected chi connectivity index (χ4v) is 3.80. The van der Waals surface area contributed by atoms with E-state index in [-0.39, 0.29) is 47.3 Å². The van der Waals surface area contributed by atoms with Crippen LogP contribution in [0.4, 0.5) is 13.2 Å². The zero-order valence-electron chi connectivity index (χ0n) is 19.7. The summed E-state index contributed by atoms with van der Waals surface area (Å²) in [6.07, 6.45) is 1.66. The van der Waals surface area contributed by atoms with Crippen molar-refractivity contribution in [1.82, 2.24) is 19.5 Å². The first-order valence-corrected chi connectivity index (χ1v) is 11.9. The van der Waals surface area contributed by atoms with Crippen LogP contribution in [0.15, 0.2) is 58.2 Å². The molecule has 3 heterocycles. The van der Waals surface area contributed by atoms with Gasteiger partial charge in [0.05, 0.1) is 20.3 Å². The smallest absolute Gasteiger partial charge is 0.351 e. The Hall–Kier alpha value is -3.64. The van der Waals surface area contributed by atoms with Crippen molar-refractivity contribution in [2.45, 2.75) is 31.8 Å². The number of hydrogen-bond acceptors (Lipinski definition) is 8. The van der Waals surface area contributed by atoms with Crippen LogP contribution in [0.25, 0.3) is 0 Å². The SMILES string of the molecule is COc1ncc(Cn2cc(Cl)c(OCCC3=CC(F)C(Oc4ccc(Cl)c(C(F)F)c4)N=C3)nc2=O)cn1. The van der Waals surface area contributed by atoms with Crippen LogP contribution in [0.2, 0.25) is 10.0 Å². The first-order chi connectivity index (χ1) is 18.2. The Morgan fingerprint density at radius 1 is 1.16 bits per heavy atom. The number of aromatic nitrogens is 4. The van der Waals surface area contributed by atoms with Crippen molar-refractivity contribution in [3.8, 4) is 17.6 Å². The van der Waals surface area contributed by atoms with E-state index in [0.717, 1.165) is 6.07 Å². The zero-order valence-corrected chi connectivity index (χ0v) is 21.2. The van der Waals surface area contributed by atoms with Crippen molar-refractivity contribution in [3.63, 3.8) is 0 Å². The lowest BCUT2D eigenvalue weighted by molar-refractivity contribution is 0.129. The number of ether oxygens (including phenoxy) is 3. The molecule has 2 aromatic heterocycles. The predicted molar refractivity (Wildman–Crippen MR) is 134 cm³/mol. The maximum atomic E-state index is 14.6. The van der Waals surface area contributed by atoms with Gasteiger partial charge in [0, 0.05) is 47.4 Å². The molecule has 4 rings (SSSR count). The quantitative estimate of drug-likeness (QED) is 0.343. The molecule has 3 aromatic rings. The third kappa shape index (κ3) is 6.81. The van der Waals surface area contributed by atoms with E-state index in [1.54, 1.807) is 0 Å². The molecule has 0 amide bonds. The maximum absolute atomic E-state index is 14.6. The molecule has 0 saturated heterocycles. The van der Waals surface area contributed by atoms with Crippen LogP contribution < -0.4 is 19.9 Å². The van der Waals surface area contributed by atoms with Crippen molar-refractivity contribution >= 4 is 29.4 Å². The highest BCUT2D eigenvalue weighted by Gasteiger charge is 2.24. The van der Waals surface area contributed by atoms with E-state index in [0.29, 0.717) is 11.1 Å². The highest BCUT2D eigenvalue weighted by atomic mass is 35.5. The molecule has 0 spiro atoms. The first-order valence-electron chi connectivity index (χ1n) is 11.1. The van der Waals surface area contributed by atoms with E-state index in [9.17, 15) is 18.0 Å². The van der Waals surface area contributed by atoms with Crippen molar-refractivity contribution in [1.29, 1.82) is 0 Å². The molecule has 200 valence electrons. The van der Waals surface area contributed by atoms with Crippen LogP contribution in [0.3, 0.4) is 0 Å². The molecular weight excluding hydrogens is 550 g/mol. The number of hydrogen-bond donors (Lipinski definition) is 0. The van der Waals surface area contributed by atoms with Gasteiger partial charge in [-0.3, -0.25) is 4.57 Å². The Kier molecular flexibility index (Phi) is 8.85. The number of dihydropyridines is 1. The third-order valence-electron chi connectivity index (χ3n) is 5.26. The van der Waals surface area contributed by atoms with E-state index in [1.165, 1.54) is 54.7 Å². The van der Waals surface area contributed by atoms with E-state index in [2.05, 4.69) is 19.9 Å². The first kappa shape index (κ1) is 27.4. The van der Waals surface area contributed by atoms with Gasteiger partial charge in [-0.2, -0.15) is 4.98 Å². The van der Waals surface area contributed by atoms with Gasteiger partial charge in [0.15, 0.2) is 6.17 Å². The van der Waals surface area contributed by atoms with Crippen LogP contribution in [-0.4, -0.2) is 51.8 Å². The molecule has 0 bridgehead atoms. The Balaban J connectivity index is 1.31. The van der Waals surface area contributed by atoms with Crippen LogP contribution >= 0.6 is 23.2 Å². The zero-order chi connectivity index (χ0) is 27.2. The second kappa shape index (κ2) is 12.3. The molecule has 2 atom stereocenters. The summed E-state index contributed by atoms with van der Waals surface area (Å²) in [4.78, 5) is 28.2. The summed E-state index contributed by atoms with van der Waals surface area (Å²) in [5.41, 5.74) is 0.129. The largest absolute Gasteiger partial charge is 0.476 e. The van der Waals surface area contributed by atoms with Gasteiger partial charge in [0.1, 0.15) is 10.8 Å². The van der Waals surface area contributed by atoms with Gasteiger partial charge in [-0.1, -0.05) is 23.2 Å². The second-order valence-electron chi connectivity index (χ2n) is 7.94. The molecule has 0 radical (unpaired) electrons. The molecule has 0 aliphatic carbocycles. The average Bonchev–Trinajstić information content (AvgIpc) is 2.89. The minimum atomic E-state index is -2.80. The van der Waals surface area contributed by atoms with Crippen LogP contribution in [0.1, 0.15) is 24.0 Å². The number of nitrogens with zero attached hydrogens (tertiary/aromatic N) is 5. The number of methoxy groups -OCH3 is 1. The van der Waals surface area contributed by atoms with E-state index >= 15 is 0 Å². The average molecular weight is 570 g/mol. The van der Waals surface area contributed by atoms with Gasteiger partial charge in [0.25, 0.3) is 6.43 Å². The van der Waals surface area contributed by atoms with Gasteiger partial charge in [-0.25, -0.2) is 32.9 Å². The van der Waals surface area contributed by atoms with Gasteiger partial charge >= 0.3 is 11.7 Å². The van der Waals surface area contributed by atoms with Crippen LogP contribution in [0, 0.1) is 0 Å². The lowest BCUT2D eigenvalue weighted by Crippen LogP contribution is -2.28. The molecule has 14 heteroatoms. The molecule has 9 nitrogen and oxygen atoms in total. The van der Waals surface area contributed by atoms with Crippen molar-refractivity contribution in [2.75, 3.05) is 13.7 Å². The summed E-state index contributed by atoms with van der Waals surface area (Å²) in [5.74, 6) is -0.0486. The lowest BCUT2D eigenvalue weighted by Gasteiger charge is -2.21. The normalized spacial score (nSPS) is 16.9. The van der Waals surface area contributed by atoms with Crippen molar-refractivity contribution < 1.29 is 27.4 Å². The van der Waals surface area contributed by atoms with Crippen LogP contribution in [0.5, 0.6) is 17.6 Å². The Morgan fingerprint density at radius 2 is 1.92 bits per heavy atom. The van der Waals surface area contributed by atoms with Crippen molar-refractivity contribution in [2.24, 2.45) is 4.99 Å². The molecule has 0 saturated carbocycles. The Labute approximate surface area is 224 Å². The molecule has 2 unspecified atom stereocenters. The summed E-state index contributed by atoms with van der Waals surface area (Å²) >= 11 is 12.0. The summed E-state index contributed by atoms with van der Waals surface area (Å²) < 4.78 is 57.8. The number of alkyl halides is 3. The minimum Gasteiger partial charge on any atom is -0.476 e. The van der Waals surface area contributed by atoms with Gasteiger partial charge in [-0.15, -0.1) is 0 Å².